The summed E-state index contributed by atoms with van der Waals surface area (Å²) in [5, 5.41) is 6.01. The van der Waals surface area contributed by atoms with Gasteiger partial charge >= 0.3 is 6.18 Å². The average Bonchev–Trinajstić information content (AvgIpc) is 2.72. The first-order valence-corrected chi connectivity index (χ1v) is 9.32. The molecule has 0 bridgehead atoms. The van der Waals surface area contributed by atoms with E-state index in [9.17, 15) is 22.8 Å². The summed E-state index contributed by atoms with van der Waals surface area (Å²) in [5.41, 5.74) is 1.84. The standard InChI is InChI=1S/C21H22F3N3O4/c1-3-9-31-17-8-7-14(10-18(17)30-2)13-25-27-20(29)12-19(28)26-16-6-4-5-15(11-16)21(22,23)24/h4-8,10-11,13H,3,9,12H2,1-2H3,(H,26,28)(H,27,29). The van der Waals surface area contributed by atoms with Crippen LogP contribution in [0.2, 0.25) is 0 Å². The lowest BCUT2D eigenvalue weighted by atomic mass is 10.2. The predicted molar refractivity (Wildman–Crippen MR) is 109 cm³/mol. The predicted octanol–water partition coefficient (Wildman–Crippen LogP) is 3.98. The number of carbonyl (C=O) groups is 2. The second-order valence-electron chi connectivity index (χ2n) is 6.36. The fraction of sp³-hybridized carbons (Fsp3) is 0.286. The van der Waals surface area contributed by atoms with Crippen LogP contribution < -0.4 is 20.2 Å². The second kappa shape index (κ2) is 11.0. The fourth-order valence-electron chi connectivity index (χ4n) is 2.44. The van der Waals surface area contributed by atoms with Gasteiger partial charge in [-0.1, -0.05) is 13.0 Å². The summed E-state index contributed by atoms with van der Waals surface area (Å²) < 4.78 is 48.9. The van der Waals surface area contributed by atoms with Gasteiger partial charge in [0, 0.05) is 5.69 Å². The molecule has 2 rings (SSSR count). The quantitative estimate of drug-likeness (QED) is 0.353. The lowest BCUT2D eigenvalue weighted by Gasteiger charge is -2.10. The number of carbonyl (C=O) groups excluding carboxylic acids is 2. The third-order valence-corrected chi connectivity index (χ3v) is 3.85. The van der Waals surface area contributed by atoms with Crippen molar-refractivity contribution in [1.82, 2.24) is 5.43 Å². The SMILES string of the molecule is CCCOc1ccc(C=NNC(=O)CC(=O)Nc2cccc(C(F)(F)F)c2)cc1OC. The molecule has 7 nitrogen and oxygen atoms in total. The van der Waals surface area contributed by atoms with Crippen LogP contribution in [0.4, 0.5) is 18.9 Å². The molecular formula is C21H22F3N3O4. The van der Waals surface area contributed by atoms with Crippen molar-refractivity contribution in [3.63, 3.8) is 0 Å². The number of ether oxygens (including phenoxy) is 2. The maximum absolute atomic E-state index is 12.7. The molecule has 10 heteroatoms. The molecule has 0 aliphatic heterocycles. The zero-order chi connectivity index (χ0) is 22.9. The van der Waals surface area contributed by atoms with E-state index in [1.807, 2.05) is 6.92 Å². The van der Waals surface area contributed by atoms with Crippen LogP contribution in [-0.4, -0.2) is 31.7 Å². The highest BCUT2D eigenvalue weighted by Gasteiger charge is 2.30. The number of nitrogens with zero attached hydrogens (tertiary/aromatic N) is 1. The number of methoxy groups -OCH3 is 1. The monoisotopic (exact) mass is 437 g/mol. The number of alkyl halides is 3. The zero-order valence-corrected chi connectivity index (χ0v) is 17.0. The molecule has 166 valence electrons. The number of hydrazone groups is 1. The molecule has 31 heavy (non-hydrogen) atoms. The molecule has 0 atom stereocenters. The molecule has 0 fully saturated rings. The van der Waals surface area contributed by atoms with Crippen molar-refractivity contribution in [2.75, 3.05) is 19.0 Å². The van der Waals surface area contributed by atoms with Gasteiger partial charge in [-0.15, -0.1) is 0 Å². The molecule has 0 heterocycles. The molecule has 2 aromatic rings. The topological polar surface area (TPSA) is 89.0 Å². The number of amides is 2. The summed E-state index contributed by atoms with van der Waals surface area (Å²) in [7, 11) is 1.50. The zero-order valence-electron chi connectivity index (χ0n) is 17.0. The molecule has 0 aliphatic carbocycles. The first kappa shape index (κ1) is 23.7. The summed E-state index contributed by atoms with van der Waals surface area (Å²) in [6.07, 6.45) is -2.94. The molecular weight excluding hydrogens is 415 g/mol. The van der Waals surface area contributed by atoms with Crippen LogP contribution in [0, 0.1) is 0 Å². The lowest BCUT2D eigenvalue weighted by Crippen LogP contribution is -2.24. The lowest BCUT2D eigenvalue weighted by molar-refractivity contribution is -0.137. The van der Waals surface area contributed by atoms with Gasteiger partial charge in [0.1, 0.15) is 6.42 Å². The van der Waals surface area contributed by atoms with E-state index in [1.165, 1.54) is 19.4 Å². The maximum Gasteiger partial charge on any atom is 0.416 e. The molecule has 2 N–H and O–H groups in total. The Morgan fingerprint density at radius 2 is 1.87 bits per heavy atom. The van der Waals surface area contributed by atoms with Crippen molar-refractivity contribution in [3.05, 3.63) is 53.6 Å². The number of benzene rings is 2. The normalized spacial score (nSPS) is 11.3. The molecule has 0 aliphatic rings. The molecule has 0 aromatic heterocycles. The van der Waals surface area contributed by atoms with E-state index >= 15 is 0 Å². The van der Waals surface area contributed by atoms with Gasteiger partial charge in [-0.05, 0) is 48.4 Å². The van der Waals surface area contributed by atoms with Crippen LogP contribution >= 0.6 is 0 Å². The Balaban J connectivity index is 1.89. The van der Waals surface area contributed by atoms with E-state index in [0.29, 0.717) is 23.7 Å². The van der Waals surface area contributed by atoms with E-state index < -0.39 is 30.0 Å². The van der Waals surface area contributed by atoms with E-state index in [2.05, 4.69) is 15.8 Å². The molecule has 2 aromatic carbocycles. The van der Waals surface area contributed by atoms with Crippen molar-refractivity contribution < 1.29 is 32.2 Å². The highest BCUT2D eigenvalue weighted by molar-refractivity contribution is 6.03. The summed E-state index contributed by atoms with van der Waals surface area (Å²) in [5.74, 6) is -0.414. The average molecular weight is 437 g/mol. The van der Waals surface area contributed by atoms with Gasteiger partial charge in [0.25, 0.3) is 0 Å². The smallest absolute Gasteiger partial charge is 0.416 e. The van der Waals surface area contributed by atoms with E-state index in [0.717, 1.165) is 24.6 Å². The minimum atomic E-state index is -4.53. The van der Waals surface area contributed by atoms with Crippen LogP contribution in [0.3, 0.4) is 0 Å². The van der Waals surface area contributed by atoms with Crippen LogP contribution in [0.1, 0.15) is 30.9 Å². The number of halogens is 3. The Morgan fingerprint density at radius 1 is 1.10 bits per heavy atom. The number of anilines is 1. The van der Waals surface area contributed by atoms with Gasteiger partial charge in [-0.2, -0.15) is 18.3 Å². The highest BCUT2D eigenvalue weighted by atomic mass is 19.4. The number of nitrogens with one attached hydrogen (secondary N) is 2. The van der Waals surface area contributed by atoms with Crippen molar-refractivity contribution >= 4 is 23.7 Å². The molecule has 0 spiro atoms. The second-order valence-corrected chi connectivity index (χ2v) is 6.36. The molecule has 0 unspecified atom stereocenters. The van der Waals surface area contributed by atoms with Gasteiger partial charge in [0.2, 0.25) is 11.8 Å². The Bertz CT molecular complexity index is 946. The van der Waals surface area contributed by atoms with Gasteiger partial charge in [-0.3, -0.25) is 9.59 Å². The minimum absolute atomic E-state index is 0.0615. The van der Waals surface area contributed by atoms with Gasteiger partial charge in [0.15, 0.2) is 11.5 Å². The van der Waals surface area contributed by atoms with Gasteiger partial charge < -0.3 is 14.8 Å². The van der Waals surface area contributed by atoms with E-state index in [-0.39, 0.29) is 5.69 Å². The molecule has 2 amide bonds. The van der Waals surface area contributed by atoms with Crippen molar-refractivity contribution in [3.8, 4) is 11.5 Å². The van der Waals surface area contributed by atoms with Crippen LogP contribution in [0.15, 0.2) is 47.6 Å². The number of hydrogen-bond donors (Lipinski definition) is 2. The van der Waals surface area contributed by atoms with Crippen LogP contribution in [0.25, 0.3) is 0 Å². The Labute approximate surface area is 177 Å². The maximum atomic E-state index is 12.7. The van der Waals surface area contributed by atoms with Gasteiger partial charge in [0.05, 0.1) is 25.5 Å². The summed E-state index contributed by atoms with van der Waals surface area (Å²) in [4.78, 5) is 23.7. The fourth-order valence-corrected chi connectivity index (χ4v) is 2.44. The Hall–Kier alpha value is -3.56. The third-order valence-electron chi connectivity index (χ3n) is 3.85. The first-order valence-electron chi connectivity index (χ1n) is 9.32. The molecule has 0 saturated heterocycles. The van der Waals surface area contributed by atoms with E-state index in [4.69, 9.17) is 9.47 Å². The first-order chi connectivity index (χ1) is 14.7. The van der Waals surface area contributed by atoms with E-state index in [1.54, 1.807) is 18.2 Å². The van der Waals surface area contributed by atoms with Crippen molar-refractivity contribution in [2.45, 2.75) is 25.9 Å². The molecule has 0 saturated carbocycles. The van der Waals surface area contributed by atoms with Crippen molar-refractivity contribution in [1.29, 1.82) is 0 Å². The largest absolute Gasteiger partial charge is 0.493 e. The van der Waals surface area contributed by atoms with Gasteiger partial charge in [-0.25, -0.2) is 5.43 Å². The Kier molecular flexibility index (Phi) is 8.42. The summed E-state index contributed by atoms with van der Waals surface area (Å²) in [6, 6.07) is 9.22. The summed E-state index contributed by atoms with van der Waals surface area (Å²) in [6.45, 7) is 2.53. The number of hydrogen-bond acceptors (Lipinski definition) is 5. The third kappa shape index (κ3) is 7.65. The molecule has 0 radical (unpaired) electrons. The van der Waals surface area contributed by atoms with Crippen molar-refractivity contribution in [2.24, 2.45) is 5.10 Å². The van der Waals surface area contributed by atoms with Crippen LogP contribution in [0.5, 0.6) is 11.5 Å². The summed E-state index contributed by atoms with van der Waals surface area (Å²) >= 11 is 0. The Morgan fingerprint density at radius 3 is 2.55 bits per heavy atom. The highest BCUT2D eigenvalue weighted by Crippen LogP contribution is 2.30. The van der Waals surface area contributed by atoms with Crippen LogP contribution in [-0.2, 0) is 15.8 Å². The number of rotatable bonds is 9. The minimum Gasteiger partial charge on any atom is -0.493 e.